The van der Waals surface area contributed by atoms with E-state index in [1.807, 2.05) is 45.3 Å². The molecule has 113 heavy (non-hydrogen) atoms. The first-order valence-corrected chi connectivity index (χ1v) is 41.9. The number of hydrogen-bond donors (Lipinski definition) is 1. The van der Waals surface area contributed by atoms with Crippen molar-refractivity contribution >= 4 is 226 Å². The van der Waals surface area contributed by atoms with E-state index in [0.29, 0.717) is 0 Å². The maximum absolute atomic E-state index is 3.59. The number of nitrogens with zero attached hydrogens (tertiary/aromatic N) is 3. The molecule has 0 bridgehead atoms. The summed E-state index contributed by atoms with van der Waals surface area (Å²) in [5, 5.41) is 19.1. The summed E-state index contributed by atoms with van der Waals surface area (Å²) in [5.41, 5.74) is 17.4. The normalized spacial score (nSPS) is 11.4. The fourth-order valence-electron chi connectivity index (χ4n) is 15.7. The summed E-state index contributed by atoms with van der Waals surface area (Å²) >= 11 is 11.0. The number of anilines is 11. The molecular formula is C104H69BrN4S4. The fraction of sp³-hybridized carbons (Fsp3) is 0. The Bertz CT molecular complexity index is 7160. The largest absolute Gasteiger partial charge is 0.355 e. The van der Waals surface area contributed by atoms with Gasteiger partial charge < -0.3 is 20.0 Å². The van der Waals surface area contributed by atoms with Gasteiger partial charge in [-0.15, -0.1) is 45.3 Å². The molecule has 0 aliphatic rings. The molecule has 536 valence electrons. The highest BCUT2D eigenvalue weighted by Gasteiger charge is 2.21. The first-order chi connectivity index (χ1) is 55.9. The molecule has 18 aromatic carbocycles. The molecule has 0 amide bonds. The van der Waals surface area contributed by atoms with Crippen LogP contribution in [0.4, 0.5) is 62.6 Å². The fourth-order valence-corrected chi connectivity index (χ4v) is 20.8. The van der Waals surface area contributed by atoms with E-state index in [9.17, 15) is 0 Å². The Morgan fingerprint density at radius 1 is 0.177 bits per heavy atom. The monoisotopic (exact) mass is 1580 g/mol. The van der Waals surface area contributed by atoms with Crippen LogP contribution in [0.25, 0.3) is 124 Å². The predicted octanol–water partition coefficient (Wildman–Crippen LogP) is 33.1. The van der Waals surface area contributed by atoms with Gasteiger partial charge in [0.05, 0.1) is 0 Å². The van der Waals surface area contributed by atoms with Crippen molar-refractivity contribution in [2.75, 3.05) is 20.0 Å². The summed E-state index contributed by atoms with van der Waals surface area (Å²) in [5.74, 6) is 0. The lowest BCUT2D eigenvalue weighted by Crippen LogP contribution is -2.09. The highest BCUT2D eigenvalue weighted by atomic mass is 79.9. The van der Waals surface area contributed by atoms with Crippen LogP contribution in [0.5, 0.6) is 0 Å². The van der Waals surface area contributed by atoms with Gasteiger partial charge in [0, 0.05) is 148 Å². The topological polar surface area (TPSA) is 21.8 Å². The predicted molar refractivity (Wildman–Crippen MR) is 498 cm³/mol. The summed E-state index contributed by atoms with van der Waals surface area (Å²) < 4.78 is 11.5. The molecule has 0 spiro atoms. The van der Waals surface area contributed by atoms with E-state index < -0.39 is 0 Å². The summed E-state index contributed by atoms with van der Waals surface area (Å²) in [6, 6.07) is 149. The van der Waals surface area contributed by atoms with E-state index in [4.69, 9.17) is 0 Å². The molecule has 0 fully saturated rings. The Balaban J connectivity index is 0.000000122. The maximum Gasteiger partial charge on any atom is 0.0476 e. The molecule has 0 atom stereocenters. The lowest BCUT2D eigenvalue weighted by Gasteiger charge is -2.26. The van der Waals surface area contributed by atoms with E-state index in [-0.39, 0.29) is 0 Å². The minimum Gasteiger partial charge on any atom is -0.355 e. The van der Waals surface area contributed by atoms with Crippen LogP contribution in [0.2, 0.25) is 0 Å². The van der Waals surface area contributed by atoms with Crippen molar-refractivity contribution in [2.45, 2.75) is 0 Å². The van der Waals surface area contributed by atoms with Gasteiger partial charge in [-0.3, -0.25) is 0 Å². The van der Waals surface area contributed by atoms with E-state index in [2.05, 4.69) is 448 Å². The number of benzene rings is 18. The lowest BCUT2D eigenvalue weighted by atomic mass is 10.0. The second-order valence-corrected chi connectivity index (χ2v) is 33.4. The number of nitrogens with one attached hydrogen (secondary N) is 1. The van der Waals surface area contributed by atoms with Gasteiger partial charge in [-0.1, -0.05) is 259 Å². The third kappa shape index (κ3) is 13.9. The van der Waals surface area contributed by atoms with Gasteiger partial charge in [0.25, 0.3) is 0 Å². The van der Waals surface area contributed by atoms with E-state index in [0.717, 1.165) is 61.3 Å². The zero-order valence-corrected chi connectivity index (χ0v) is 66.0. The zero-order chi connectivity index (χ0) is 75.1. The van der Waals surface area contributed by atoms with Gasteiger partial charge in [-0.05, 0) is 214 Å². The van der Waals surface area contributed by atoms with Crippen LogP contribution < -0.4 is 20.0 Å². The summed E-state index contributed by atoms with van der Waals surface area (Å²) in [7, 11) is 0. The van der Waals surface area contributed by atoms with Crippen molar-refractivity contribution in [1.29, 1.82) is 0 Å². The van der Waals surface area contributed by atoms with Crippen LogP contribution in [0, 0.1) is 0 Å². The van der Waals surface area contributed by atoms with Gasteiger partial charge in [0.1, 0.15) is 0 Å². The van der Waals surface area contributed by atoms with Crippen molar-refractivity contribution < 1.29 is 0 Å². The van der Waals surface area contributed by atoms with Crippen molar-refractivity contribution in [1.82, 2.24) is 0 Å². The average Bonchev–Trinajstić information content (AvgIpc) is 1.25. The van der Waals surface area contributed by atoms with E-state index >= 15 is 0 Å². The maximum atomic E-state index is 3.59. The Morgan fingerprint density at radius 3 is 0.867 bits per heavy atom. The molecule has 0 aliphatic carbocycles. The molecule has 0 saturated carbocycles. The molecule has 4 nitrogen and oxygen atoms in total. The van der Waals surface area contributed by atoms with Crippen molar-refractivity contribution in [3.05, 3.63) is 417 Å². The van der Waals surface area contributed by atoms with Crippen LogP contribution in [0.15, 0.2) is 417 Å². The molecule has 4 heterocycles. The number of fused-ring (bicyclic) bond motifs is 14. The number of halogens is 1. The summed E-state index contributed by atoms with van der Waals surface area (Å²) in [6.07, 6.45) is 0. The first kappa shape index (κ1) is 69.2. The lowest BCUT2D eigenvalue weighted by molar-refractivity contribution is 1.29. The van der Waals surface area contributed by atoms with Gasteiger partial charge in [-0.2, -0.15) is 0 Å². The van der Waals surface area contributed by atoms with Crippen LogP contribution >= 0.6 is 61.3 Å². The van der Waals surface area contributed by atoms with Crippen molar-refractivity contribution in [3.8, 4) is 22.3 Å². The quantitative estimate of drug-likeness (QED) is 0.124. The molecule has 22 rings (SSSR count). The minimum absolute atomic E-state index is 1.10. The minimum atomic E-state index is 1.10. The Labute approximate surface area is 679 Å². The van der Waals surface area contributed by atoms with E-state index in [1.54, 1.807) is 0 Å². The zero-order valence-electron chi connectivity index (χ0n) is 61.1. The molecular weight excluding hydrogens is 1510 g/mol. The molecule has 22 aromatic rings. The molecule has 9 heteroatoms. The number of para-hydroxylation sites is 4. The molecule has 0 aliphatic heterocycles. The van der Waals surface area contributed by atoms with Crippen LogP contribution in [0.1, 0.15) is 0 Å². The first-order valence-electron chi connectivity index (χ1n) is 37.8. The van der Waals surface area contributed by atoms with Crippen LogP contribution in [-0.2, 0) is 0 Å². The van der Waals surface area contributed by atoms with Crippen LogP contribution in [-0.4, -0.2) is 0 Å². The van der Waals surface area contributed by atoms with Crippen LogP contribution in [0.3, 0.4) is 0 Å². The Kier molecular flexibility index (Phi) is 18.6. The molecule has 0 unspecified atom stereocenters. The second-order valence-electron chi connectivity index (χ2n) is 28.2. The summed E-state index contributed by atoms with van der Waals surface area (Å²) in [4.78, 5) is 7.05. The third-order valence-corrected chi connectivity index (χ3v) is 26.1. The van der Waals surface area contributed by atoms with Gasteiger partial charge in [0.15, 0.2) is 0 Å². The van der Waals surface area contributed by atoms with Gasteiger partial charge >= 0.3 is 0 Å². The van der Waals surface area contributed by atoms with Crippen molar-refractivity contribution in [3.63, 3.8) is 0 Å². The Hall–Kier alpha value is -13.0. The van der Waals surface area contributed by atoms with Gasteiger partial charge in [-0.25, -0.2) is 0 Å². The van der Waals surface area contributed by atoms with Crippen molar-refractivity contribution in [2.24, 2.45) is 0 Å². The molecule has 4 aromatic heterocycles. The number of thiophene rings is 4. The second kappa shape index (κ2) is 30.4. The molecule has 1 N–H and O–H groups in total. The van der Waals surface area contributed by atoms with E-state index in [1.165, 1.54) is 130 Å². The van der Waals surface area contributed by atoms with Gasteiger partial charge in [0.2, 0.25) is 0 Å². The number of hydrogen-bond acceptors (Lipinski definition) is 8. The highest BCUT2D eigenvalue weighted by Crippen LogP contribution is 2.48. The third-order valence-electron chi connectivity index (χ3n) is 21.2. The molecule has 0 saturated heterocycles. The molecule has 0 radical (unpaired) electrons. The SMILES string of the molecule is Brc1ccc2c(c1)sc1cc(N(c3ccccc3)c3ccccc3)ccc12.c1ccc(N(c2ccccc2)c2ccc3c(c2)sc2cc(N(c4ccc(-c5ccc6ccccc6c5)cc4)c4ccc5c(c4)sc4ccccc45)ccc23)cc1.c1ccc2cc(-c3ccc(Nc4ccc5c(c4)sc4ccccc45)cc3)ccc2c1. The standard InChI is InChI=1S/C52H34N2S2.C28H19NS.C24H16BrNS/c1-3-13-39(14-4-1)53(40-15-5-2-6-16-40)42-25-29-47-48-30-27-44(34-52(48)56-51(47)32-42)54(43-26-28-46-45-17-9-10-18-49(45)55-50(46)33-43)41-23-21-36(22-24-41)38-20-19-35-11-7-8-12-37(35)31-38;1-2-6-21-17-22(10-9-19(21)5-1)20-11-13-23(14-12-20)29-24-15-16-26-25-7-3-4-8-27(25)30-28(26)18-24;25-17-11-13-21-22-14-12-20(16-24(22)27-23(21)15-17)26(18-7-3-1-4-8-18)19-9-5-2-6-10-19/h1-34H;1-18,29H;1-16H. The smallest absolute Gasteiger partial charge is 0.0476 e. The highest BCUT2D eigenvalue weighted by molar-refractivity contribution is 9.10. The summed E-state index contributed by atoms with van der Waals surface area (Å²) in [6.45, 7) is 0. The number of rotatable bonds is 13. The average molecular weight is 1580 g/mol. The Morgan fingerprint density at radius 2 is 0.451 bits per heavy atom.